The minimum Gasteiger partial charge on any atom is -0.491 e. The standard InChI is InChI=1S/C10H12FNO/c11-5-7-13-10-3-1-2-9-8(10)4-6-12-9/h1-3,12H,4-7H2. The highest BCUT2D eigenvalue weighted by Gasteiger charge is 2.14. The van der Waals surface area contributed by atoms with Crippen molar-refractivity contribution >= 4 is 5.69 Å². The summed E-state index contributed by atoms with van der Waals surface area (Å²) in [7, 11) is 0. The van der Waals surface area contributed by atoms with Crippen LogP contribution in [0.15, 0.2) is 18.2 Å². The minimum absolute atomic E-state index is 0.149. The van der Waals surface area contributed by atoms with Crippen LogP contribution in [0, 0.1) is 0 Å². The normalized spacial score (nSPS) is 13.6. The van der Waals surface area contributed by atoms with E-state index in [1.54, 1.807) is 0 Å². The van der Waals surface area contributed by atoms with E-state index >= 15 is 0 Å². The van der Waals surface area contributed by atoms with E-state index in [0.29, 0.717) is 0 Å². The van der Waals surface area contributed by atoms with Crippen molar-refractivity contribution in [3.05, 3.63) is 23.8 Å². The van der Waals surface area contributed by atoms with E-state index in [9.17, 15) is 4.39 Å². The Morgan fingerprint density at radius 1 is 1.46 bits per heavy atom. The molecule has 1 aromatic carbocycles. The lowest BCUT2D eigenvalue weighted by Gasteiger charge is -2.08. The molecule has 0 spiro atoms. The van der Waals surface area contributed by atoms with Crippen LogP contribution in [0.5, 0.6) is 5.75 Å². The number of hydrogen-bond acceptors (Lipinski definition) is 2. The number of hydrogen-bond donors (Lipinski definition) is 1. The van der Waals surface area contributed by atoms with Crippen molar-refractivity contribution in [2.45, 2.75) is 6.42 Å². The summed E-state index contributed by atoms with van der Waals surface area (Å²) in [5.41, 5.74) is 2.30. The zero-order valence-electron chi connectivity index (χ0n) is 7.35. The van der Waals surface area contributed by atoms with Gasteiger partial charge in [-0.05, 0) is 18.6 Å². The molecule has 2 nitrogen and oxygen atoms in total. The van der Waals surface area contributed by atoms with Crippen LogP contribution in [-0.2, 0) is 6.42 Å². The van der Waals surface area contributed by atoms with Crippen molar-refractivity contribution in [1.29, 1.82) is 0 Å². The second-order valence-electron chi connectivity index (χ2n) is 3.00. The maximum absolute atomic E-state index is 11.9. The zero-order chi connectivity index (χ0) is 9.10. The maximum atomic E-state index is 11.9. The molecule has 2 rings (SSSR count). The molecule has 13 heavy (non-hydrogen) atoms. The summed E-state index contributed by atoms with van der Waals surface area (Å²) in [5, 5.41) is 3.24. The predicted molar refractivity (Wildman–Crippen MR) is 50.1 cm³/mol. The Morgan fingerprint density at radius 3 is 3.23 bits per heavy atom. The Morgan fingerprint density at radius 2 is 2.38 bits per heavy atom. The molecule has 0 aliphatic carbocycles. The zero-order valence-corrected chi connectivity index (χ0v) is 7.35. The quantitative estimate of drug-likeness (QED) is 0.770. The molecule has 0 aromatic heterocycles. The first-order chi connectivity index (χ1) is 6.42. The van der Waals surface area contributed by atoms with E-state index in [0.717, 1.165) is 24.4 Å². The molecule has 1 aliphatic heterocycles. The van der Waals surface area contributed by atoms with Crippen LogP contribution in [0.1, 0.15) is 5.56 Å². The molecular weight excluding hydrogens is 169 g/mol. The third-order valence-electron chi connectivity index (χ3n) is 2.16. The van der Waals surface area contributed by atoms with Gasteiger partial charge in [0.15, 0.2) is 0 Å². The lowest BCUT2D eigenvalue weighted by atomic mass is 10.1. The Kier molecular flexibility index (Phi) is 2.34. The molecule has 0 bridgehead atoms. The van der Waals surface area contributed by atoms with Gasteiger partial charge in [-0.3, -0.25) is 0 Å². The molecule has 0 saturated carbocycles. The third kappa shape index (κ3) is 1.59. The van der Waals surface area contributed by atoms with E-state index in [-0.39, 0.29) is 6.61 Å². The van der Waals surface area contributed by atoms with Gasteiger partial charge in [-0.15, -0.1) is 0 Å². The molecule has 0 unspecified atom stereocenters. The third-order valence-corrected chi connectivity index (χ3v) is 2.16. The second kappa shape index (κ2) is 3.64. The first kappa shape index (κ1) is 8.35. The van der Waals surface area contributed by atoms with Crippen molar-refractivity contribution in [1.82, 2.24) is 0 Å². The van der Waals surface area contributed by atoms with E-state index in [1.165, 1.54) is 5.56 Å². The van der Waals surface area contributed by atoms with Crippen LogP contribution in [-0.4, -0.2) is 19.8 Å². The van der Waals surface area contributed by atoms with Crippen LogP contribution >= 0.6 is 0 Å². The van der Waals surface area contributed by atoms with Crippen molar-refractivity contribution in [2.24, 2.45) is 0 Å². The number of anilines is 1. The summed E-state index contributed by atoms with van der Waals surface area (Å²) in [6.45, 7) is 0.666. The van der Waals surface area contributed by atoms with Gasteiger partial charge in [0, 0.05) is 17.8 Å². The molecule has 0 amide bonds. The maximum Gasteiger partial charge on any atom is 0.124 e. The molecule has 1 heterocycles. The van der Waals surface area contributed by atoms with Gasteiger partial charge in [-0.2, -0.15) is 0 Å². The molecule has 0 radical (unpaired) electrons. The number of halogens is 1. The van der Waals surface area contributed by atoms with Crippen molar-refractivity contribution in [2.75, 3.05) is 25.1 Å². The van der Waals surface area contributed by atoms with E-state index in [4.69, 9.17) is 4.74 Å². The molecule has 1 aliphatic rings. The van der Waals surface area contributed by atoms with Gasteiger partial charge < -0.3 is 10.1 Å². The van der Waals surface area contributed by atoms with Gasteiger partial charge in [0.2, 0.25) is 0 Å². The lowest BCUT2D eigenvalue weighted by Crippen LogP contribution is -2.00. The molecule has 70 valence electrons. The largest absolute Gasteiger partial charge is 0.491 e. The highest BCUT2D eigenvalue weighted by molar-refractivity contribution is 5.61. The van der Waals surface area contributed by atoms with Crippen LogP contribution in [0.25, 0.3) is 0 Å². The fourth-order valence-electron chi connectivity index (χ4n) is 1.60. The minimum atomic E-state index is -0.433. The summed E-state index contributed by atoms with van der Waals surface area (Å²) in [4.78, 5) is 0. The second-order valence-corrected chi connectivity index (χ2v) is 3.00. The molecule has 0 saturated heterocycles. The average molecular weight is 181 g/mol. The van der Waals surface area contributed by atoms with Crippen molar-refractivity contribution in [3.8, 4) is 5.75 Å². The Bertz CT molecular complexity index is 301. The van der Waals surface area contributed by atoms with E-state index < -0.39 is 6.67 Å². The Balaban J connectivity index is 2.20. The first-order valence-corrected chi connectivity index (χ1v) is 4.46. The van der Waals surface area contributed by atoms with Crippen LogP contribution in [0.4, 0.5) is 10.1 Å². The number of ether oxygens (including phenoxy) is 1. The predicted octanol–water partition coefficient (Wildman–Crippen LogP) is 2.00. The van der Waals surface area contributed by atoms with Crippen LogP contribution in [0.3, 0.4) is 0 Å². The molecule has 3 heteroatoms. The van der Waals surface area contributed by atoms with Gasteiger partial charge in [-0.25, -0.2) is 4.39 Å². The molecule has 0 atom stereocenters. The summed E-state index contributed by atoms with van der Waals surface area (Å²) < 4.78 is 17.2. The molecular formula is C10H12FNO. The average Bonchev–Trinajstić information content (AvgIpc) is 2.62. The van der Waals surface area contributed by atoms with Gasteiger partial charge >= 0.3 is 0 Å². The Labute approximate surface area is 76.7 Å². The summed E-state index contributed by atoms with van der Waals surface area (Å²) in [6.07, 6.45) is 0.970. The number of fused-ring (bicyclic) bond motifs is 1. The number of rotatable bonds is 3. The summed E-state index contributed by atoms with van der Waals surface area (Å²) in [5.74, 6) is 0.820. The SMILES string of the molecule is FCCOc1cccc2c1CCN2. The fourth-order valence-corrected chi connectivity index (χ4v) is 1.60. The Hall–Kier alpha value is -1.25. The van der Waals surface area contributed by atoms with E-state index in [2.05, 4.69) is 5.32 Å². The molecule has 0 fully saturated rings. The highest BCUT2D eigenvalue weighted by atomic mass is 19.1. The van der Waals surface area contributed by atoms with Crippen molar-refractivity contribution in [3.63, 3.8) is 0 Å². The number of benzene rings is 1. The topological polar surface area (TPSA) is 21.3 Å². The van der Waals surface area contributed by atoms with Crippen LogP contribution < -0.4 is 10.1 Å². The first-order valence-electron chi connectivity index (χ1n) is 4.46. The highest BCUT2D eigenvalue weighted by Crippen LogP contribution is 2.30. The summed E-state index contributed by atoms with van der Waals surface area (Å²) >= 11 is 0. The van der Waals surface area contributed by atoms with Gasteiger partial charge in [0.25, 0.3) is 0 Å². The molecule has 1 aromatic rings. The fraction of sp³-hybridized carbons (Fsp3) is 0.400. The molecule has 1 N–H and O–H groups in total. The van der Waals surface area contributed by atoms with Gasteiger partial charge in [-0.1, -0.05) is 6.07 Å². The lowest BCUT2D eigenvalue weighted by molar-refractivity contribution is 0.271. The smallest absolute Gasteiger partial charge is 0.124 e. The van der Waals surface area contributed by atoms with Gasteiger partial charge in [0.1, 0.15) is 19.0 Å². The van der Waals surface area contributed by atoms with E-state index in [1.807, 2.05) is 18.2 Å². The van der Waals surface area contributed by atoms with Crippen LogP contribution in [0.2, 0.25) is 0 Å². The monoisotopic (exact) mass is 181 g/mol. The van der Waals surface area contributed by atoms with Gasteiger partial charge in [0.05, 0.1) is 0 Å². The summed E-state index contributed by atoms with van der Waals surface area (Å²) in [6, 6.07) is 5.83. The number of alkyl halides is 1. The van der Waals surface area contributed by atoms with Crippen molar-refractivity contribution < 1.29 is 9.13 Å². The number of nitrogens with one attached hydrogen (secondary N) is 1.